The zero-order chi connectivity index (χ0) is 38.0. The standard InChI is InChI=1S/C52H49BN2/c1-33(2)37-18-22-44(23-19-37)54-48-31-40(34(3)4)20-24-46(48)53-47-25-21-41(35(5)6)32-49(47)55(51-27-36(7)26-50(54)52(51)53)45-29-42(38-14-10-8-11-15-38)28-43(30-45)39-16-12-9-13-17-39/h8-35H,1-7H3. The molecule has 7 aromatic rings. The molecule has 0 spiro atoms. The van der Waals surface area contributed by atoms with E-state index < -0.39 is 0 Å². The van der Waals surface area contributed by atoms with E-state index >= 15 is 0 Å². The molecule has 9 rings (SSSR count). The molecule has 0 radical (unpaired) electrons. The van der Waals surface area contributed by atoms with Crippen LogP contribution in [0.15, 0.2) is 152 Å². The van der Waals surface area contributed by atoms with E-state index in [4.69, 9.17) is 0 Å². The molecule has 0 fully saturated rings. The monoisotopic (exact) mass is 712 g/mol. The van der Waals surface area contributed by atoms with Crippen molar-refractivity contribution in [2.75, 3.05) is 9.80 Å². The van der Waals surface area contributed by atoms with E-state index in [2.05, 4.69) is 210 Å². The van der Waals surface area contributed by atoms with Crippen molar-refractivity contribution in [2.24, 2.45) is 0 Å². The summed E-state index contributed by atoms with van der Waals surface area (Å²) in [7, 11) is 0. The SMILES string of the molecule is Cc1cc2c3c(c1)N(c1cc(-c4ccccc4)cc(-c4ccccc4)c1)c1cc(C(C)C)ccc1B3c1ccc(C(C)C)cc1N2c1ccc(C(C)C)cc1. The summed E-state index contributed by atoms with van der Waals surface area (Å²) in [5.41, 5.74) is 21.6. The second-order valence-electron chi connectivity index (χ2n) is 16.5. The van der Waals surface area contributed by atoms with Crippen molar-refractivity contribution in [3.8, 4) is 22.3 Å². The molecular weight excluding hydrogens is 663 g/mol. The van der Waals surface area contributed by atoms with Crippen LogP contribution in [0, 0.1) is 6.92 Å². The maximum atomic E-state index is 2.58. The van der Waals surface area contributed by atoms with E-state index in [0.29, 0.717) is 17.8 Å². The Kier molecular flexibility index (Phi) is 8.77. The number of fused-ring (bicyclic) bond motifs is 4. The summed E-state index contributed by atoms with van der Waals surface area (Å²) in [5, 5.41) is 0. The van der Waals surface area contributed by atoms with Crippen LogP contribution in [0.4, 0.5) is 34.1 Å². The van der Waals surface area contributed by atoms with Gasteiger partial charge in [0.2, 0.25) is 0 Å². The Morgan fingerprint density at radius 2 is 0.818 bits per heavy atom. The lowest BCUT2D eigenvalue weighted by Gasteiger charge is -2.45. The van der Waals surface area contributed by atoms with Gasteiger partial charge in [0.15, 0.2) is 0 Å². The number of aryl methyl sites for hydroxylation is 1. The molecular formula is C52H49BN2. The van der Waals surface area contributed by atoms with Gasteiger partial charge in [0.25, 0.3) is 6.71 Å². The Bertz CT molecular complexity index is 2480. The Hall–Kier alpha value is -5.80. The van der Waals surface area contributed by atoms with Gasteiger partial charge >= 0.3 is 0 Å². The number of hydrogen-bond donors (Lipinski definition) is 0. The first kappa shape index (κ1) is 34.9. The fourth-order valence-corrected chi connectivity index (χ4v) is 8.78. The molecule has 2 aliphatic heterocycles. The van der Waals surface area contributed by atoms with Crippen molar-refractivity contribution in [3.63, 3.8) is 0 Å². The summed E-state index contributed by atoms with van der Waals surface area (Å²) < 4.78 is 0. The van der Waals surface area contributed by atoms with E-state index in [1.165, 1.54) is 95.0 Å². The van der Waals surface area contributed by atoms with Gasteiger partial charge in [-0.15, -0.1) is 0 Å². The lowest BCUT2D eigenvalue weighted by molar-refractivity contribution is 0.865. The lowest BCUT2D eigenvalue weighted by Crippen LogP contribution is -2.61. The first-order valence-corrected chi connectivity index (χ1v) is 20.0. The molecule has 0 amide bonds. The fourth-order valence-electron chi connectivity index (χ4n) is 8.78. The highest BCUT2D eigenvalue weighted by Gasteiger charge is 2.43. The Morgan fingerprint density at radius 3 is 1.27 bits per heavy atom. The average molecular weight is 713 g/mol. The van der Waals surface area contributed by atoms with Crippen LogP contribution in [0.3, 0.4) is 0 Å². The van der Waals surface area contributed by atoms with Gasteiger partial charge in [0.05, 0.1) is 0 Å². The number of rotatable bonds is 7. The minimum atomic E-state index is 0.0892. The van der Waals surface area contributed by atoms with Crippen LogP contribution in [-0.2, 0) is 0 Å². The van der Waals surface area contributed by atoms with Crippen LogP contribution in [-0.4, -0.2) is 6.71 Å². The molecule has 2 nitrogen and oxygen atoms in total. The van der Waals surface area contributed by atoms with E-state index in [9.17, 15) is 0 Å². The summed E-state index contributed by atoms with van der Waals surface area (Å²) in [5.74, 6) is 1.29. The van der Waals surface area contributed by atoms with Crippen LogP contribution >= 0.6 is 0 Å². The molecule has 0 saturated carbocycles. The molecule has 0 bridgehead atoms. The molecule has 0 aliphatic carbocycles. The van der Waals surface area contributed by atoms with Gasteiger partial charge in [0.1, 0.15) is 0 Å². The van der Waals surface area contributed by atoms with Gasteiger partial charge in [-0.3, -0.25) is 0 Å². The minimum absolute atomic E-state index is 0.0892. The Morgan fingerprint density at radius 1 is 0.382 bits per heavy atom. The van der Waals surface area contributed by atoms with Gasteiger partial charge in [-0.05, 0) is 140 Å². The highest BCUT2D eigenvalue weighted by Crippen LogP contribution is 2.47. The van der Waals surface area contributed by atoms with Crippen molar-refractivity contribution in [1.29, 1.82) is 0 Å². The van der Waals surface area contributed by atoms with Crippen LogP contribution in [0.5, 0.6) is 0 Å². The van der Waals surface area contributed by atoms with Crippen molar-refractivity contribution < 1.29 is 0 Å². The summed E-state index contributed by atoms with van der Waals surface area (Å²) in [6.45, 7) is 16.1. The van der Waals surface area contributed by atoms with E-state index in [1.807, 2.05) is 0 Å². The quantitative estimate of drug-likeness (QED) is 0.152. The van der Waals surface area contributed by atoms with Crippen LogP contribution in [0.25, 0.3) is 22.3 Å². The number of nitrogens with zero attached hydrogens (tertiary/aromatic N) is 2. The molecule has 0 aromatic heterocycles. The second-order valence-corrected chi connectivity index (χ2v) is 16.5. The molecule has 0 unspecified atom stereocenters. The predicted octanol–water partition coefficient (Wildman–Crippen LogP) is 12.8. The molecule has 0 saturated heterocycles. The summed E-state index contributed by atoms with van der Waals surface area (Å²) >= 11 is 0. The summed E-state index contributed by atoms with van der Waals surface area (Å²) in [4.78, 5) is 5.13. The van der Waals surface area contributed by atoms with Crippen LogP contribution in [0.2, 0.25) is 0 Å². The summed E-state index contributed by atoms with van der Waals surface area (Å²) in [6.07, 6.45) is 0. The zero-order valence-corrected chi connectivity index (χ0v) is 33.1. The highest BCUT2D eigenvalue weighted by molar-refractivity contribution is 7.00. The minimum Gasteiger partial charge on any atom is -0.311 e. The van der Waals surface area contributed by atoms with E-state index in [0.717, 1.165) is 0 Å². The van der Waals surface area contributed by atoms with E-state index in [1.54, 1.807) is 0 Å². The van der Waals surface area contributed by atoms with Gasteiger partial charge < -0.3 is 9.80 Å². The molecule has 3 heteroatoms. The van der Waals surface area contributed by atoms with Crippen LogP contribution < -0.4 is 26.2 Å². The highest BCUT2D eigenvalue weighted by atomic mass is 15.2. The molecule has 55 heavy (non-hydrogen) atoms. The molecule has 2 aliphatic rings. The van der Waals surface area contributed by atoms with E-state index in [-0.39, 0.29) is 6.71 Å². The third-order valence-corrected chi connectivity index (χ3v) is 11.8. The van der Waals surface area contributed by atoms with Crippen LogP contribution in [0.1, 0.15) is 81.5 Å². The van der Waals surface area contributed by atoms with Crippen molar-refractivity contribution >= 4 is 57.2 Å². The first-order chi connectivity index (χ1) is 26.7. The lowest BCUT2D eigenvalue weighted by atomic mass is 9.33. The van der Waals surface area contributed by atoms with Crippen molar-refractivity contribution in [3.05, 3.63) is 174 Å². The summed E-state index contributed by atoms with van der Waals surface area (Å²) in [6, 6.07) is 57.5. The molecule has 270 valence electrons. The Balaban J connectivity index is 1.36. The van der Waals surface area contributed by atoms with Gasteiger partial charge in [-0.1, -0.05) is 139 Å². The maximum Gasteiger partial charge on any atom is 0.252 e. The average Bonchev–Trinajstić information content (AvgIpc) is 3.20. The smallest absolute Gasteiger partial charge is 0.252 e. The third kappa shape index (κ3) is 6.07. The van der Waals surface area contributed by atoms with Crippen molar-refractivity contribution in [1.82, 2.24) is 0 Å². The molecule has 2 heterocycles. The van der Waals surface area contributed by atoms with Gasteiger partial charge in [-0.2, -0.15) is 0 Å². The first-order valence-electron chi connectivity index (χ1n) is 20.0. The largest absolute Gasteiger partial charge is 0.311 e. The maximum absolute atomic E-state index is 2.58. The normalized spacial score (nSPS) is 13.0. The molecule has 0 N–H and O–H groups in total. The van der Waals surface area contributed by atoms with Gasteiger partial charge in [-0.25, -0.2) is 0 Å². The number of benzene rings is 7. The topological polar surface area (TPSA) is 6.48 Å². The zero-order valence-electron chi connectivity index (χ0n) is 33.1. The molecule has 0 atom stereocenters. The Labute approximate surface area is 328 Å². The third-order valence-electron chi connectivity index (χ3n) is 11.8. The fraction of sp³-hybridized carbons (Fsp3) is 0.192. The van der Waals surface area contributed by atoms with Crippen molar-refractivity contribution in [2.45, 2.75) is 66.2 Å². The molecule has 7 aromatic carbocycles. The number of hydrogen-bond acceptors (Lipinski definition) is 2. The second kappa shape index (κ2) is 13.8. The predicted molar refractivity (Wildman–Crippen MR) is 238 cm³/mol. The number of anilines is 6. The van der Waals surface area contributed by atoms with Gasteiger partial charge in [0, 0.05) is 34.1 Å².